The number of allylic oxidation sites excluding steroid dienone is 1. The van der Waals surface area contributed by atoms with E-state index in [1.807, 2.05) is 27.7 Å². The minimum atomic E-state index is -0.941. The van der Waals surface area contributed by atoms with Crippen LogP contribution in [0.25, 0.3) is 0 Å². The van der Waals surface area contributed by atoms with E-state index in [4.69, 9.17) is 14.0 Å². The summed E-state index contributed by atoms with van der Waals surface area (Å²) in [6.45, 7) is 7.67. The van der Waals surface area contributed by atoms with Gasteiger partial charge in [-0.1, -0.05) is 12.2 Å². The summed E-state index contributed by atoms with van der Waals surface area (Å²) in [7, 11) is -0.941. The molecule has 1 aliphatic carbocycles. The Morgan fingerprint density at radius 3 is 2.42 bits per heavy atom. The van der Waals surface area contributed by atoms with Crippen LogP contribution >= 0.6 is 0 Å². The van der Waals surface area contributed by atoms with Gasteiger partial charge in [-0.2, -0.15) is 0 Å². The maximum atomic E-state index is 11.8. The molecule has 1 aliphatic heterocycles. The van der Waals surface area contributed by atoms with Crippen LogP contribution in [-0.2, 0) is 14.0 Å². The molecule has 1 heterocycles. The number of rotatable bonds is 2. The van der Waals surface area contributed by atoms with Gasteiger partial charge in [0.2, 0.25) is 0 Å². The monoisotopic (exact) mass is 267 g/mol. The molecule has 0 spiro atoms. The third-order valence-corrected chi connectivity index (χ3v) is 4.03. The first kappa shape index (κ1) is 14.4. The molecule has 2 rings (SSSR count). The lowest BCUT2D eigenvalue weighted by molar-refractivity contribution is 0.00578. The molecular formula is C13H22BNO4. The number of hydrogen-bond acceptors (Lipinski definition) is 4. The first-order valence-electron chi connectivity index (χ1n) is 6.78. The summed E-state index contributed by atoms with van der Waals surface area (Å²) in [5, 5.41) is 2.83. The van der Waals surface area contributed by atoms with Crippen LogP contribution in [0, 0.1) is 0 Å². The molecule has 1 atom stereocenters. The van der Waals surface area contributed by atoms with Crippen molar-refractivity contribution >= 4 is 13.4 Å². The van der Waals surface area contributed by atoms with Gasteiger partial charge in [-0.05, 0) is 47.0 Å². The average Bonchev–Trinajstić information content (AvgIpc) is 2.47. The zero-order valence-electron chi connectivity index (χ0n) is 12.1. The molecule has 1 fully saturated rings. The van der Waals surface area contributed by atoms with Crippen LogP contribution in [0.15, 0.2) is 12.2 Å². The Labute approximate surface area is 114 Å². The fourth-order valence-corrected chi connectivity index (χ4v) is 2.05. The van der Waals surface area contributed by atoms with E-state index in [1.54, 1.807) is 0 Å². The fraction of sp³-hybridized carbons (Fsp3) is 0.769. The van der Waals surface area contributed by atoms with E-state index in [0.29, 0.717) is 0 Å². The van der Waals surface area contributed by atoms with Crippen LogP contribution in [0.3, 0.4) is 0 Å². The second kappa shape index (κ2) is 5.17. The molecule has 106 valence electrons. The maximum absolute atomic E-state index is 11.8. The van der Waals surface area contributed by atoms with Gasteiger partial charge in [-0.15, -0.1) is 0 Å². The molecule has 0 radical (unpaired) electrons. The third kappa shape index (κ3) is 3.31. The van der Waals surface area contributed by atoms with Crippen molar-refractivity contribution in [2.75, 3.05) is 0 Å². The van der Waals surface area contributed by atoms with Crippen LogP contribution in [0.1, 0.15) is 47.0 Å². The van der Waals surface area contributed by atoms with Gasteiger partial charge in [-0.3, -0.25) is 0 Å². The zero-order valence-corrected chi connectivity index (χ0v) is 12.1. The van der Waals surface area contributed by atoms with E-state index >= 15 is 0 Å². The molecular weight excluding hydrogens is 245 g/mol. The lowest BCUT2D eigenvalue weighted by Crippen LogP contribution is -2.41. The van der Waals surface area contributed by atoms with Crippen molar-refractivity contribution < 1.29 is 18.8 Å². The Balaban J connectivity index is 1.82. The van der Waals surface area contributed by atoms with Gasteiger partial charge in [0.25, 0.3) is 0 Å². The predicted octanol–water partition coefficient (Wildman–Crippen LogP) is 2.41. The Morgan fingerprint density at radius 1 is 1.26 bits per heavy atom. The van der Waals surface area contributed by atoms with Crippen LogP contribution in [0.2, 0.25) is 0 Å². The Bertz CT molecular complexity index is 365. The van der Waals surface area contributed by atoms with Crippen molar-refractivity contribution in [1.82, 2.24) is 5.32 Å². The topological polar surface area (TPSA) is 56.8 Å². The highest BCUT2D eigenvalue weighted by molar-refractivity contribution is 6.40. The van der Waals surface area contributed by atoms with Crippen molar-refractivity contribution in [2.45, 2.75) is 64.2 Å². The number of carbonyl (C=O) groups excluding carboxylic acids is 1. The lowest BCUT2D eigenvalue weighted by atomic mass is 9.90. The zero-order chi connectivity index (χ0) is 14.1. The number of amides is 1. The predicted molar refractivity (Wildman–Crippen MR) is 72.5 cm³/mol. The highest BCUT2D eigenvalue weighted by Gasteiger charge is 2.54. The van der Waals surface area contributed by atoms with E-state index in [-0.39, 0.29) is 6.04 Å². The summed E-state index contributed by atoms with van der Waals surface area (Å²) in [6.07, 6.45) is 6.48. The smallest absolute Gasteiger partial charge is 0.468 e. The quantitative estimate of drug-likeness (QED) is 0.616. The number of nitrogens with one attached hydrogen (secondary N) is 1. The summed E-state index contributed by atoms with van der Waals surface area (Å²) < 4.78 is 16.4. The summed E-state index contributed by atoms with van der Waals surface area (Å²) in [4.78, 5) is 11.8. The largest absolute Gasteiger partial charge is 0.717 e. The summed E-state index contributed by atoms with van der Waals surface area (Å²) in [6, 6.07) is 0.139. The molecule has 0 aromatic carbocycles. The second-order valence-corrected chi connectivity index (χ2v) is 6.08. The molecule has 5 nitrogen and oxygen atoms in total. The average molecular weight is 267 g/mol. The highest BCUT2D eigenvalue weighted by Crippen LogP contribution is 2.36. The molecule has 0 saturated carbocycles. The summed E-state index contributed by atoms with van der Waals surface area (Å²) >= 11 is 0. The molecule has 1 N–H and O–H groups in total. The summed E-state index contributed by atoms with van der Waals surface area (Å²) in [5.74, 6) is 0. The van der Waals surface area contributed by atoms with Crippen molar-refractivity contribution in [3.05, 3.63) is 12.2 Å². The SMILES string of the molecule is CC1(C)OB(OC(=O)NC2CC=CCC2)OC1(C)C. The van der Waals surface area contributed by atoms with Crippen LogP contribution in [-0.4, -0.2) is 30.7 Å². The van der Waals surface area contributed by atoms with Crippen LogP contribution < -0.4 is 5.32 Å². The molecule has 1 saturated heterocycles. The van der Waals surface area contributed by atoms with Gasteiger partial charge in [0.1, 0.15) is 0 Å². The summed E-state index contributed by atoms with van der Waals surface area (Å²) in [5.41, 5.74) is -0.989. The standard InChI is InChI=1S/C13H22BNO4/c1-12(2)13(3,4)19-14(18-12)17-11(16)15-10-8-6-5-7-9-10/h5-6,10H,7-9H2,1-4H3,(H,15,16). The Kier molecular flexibility index (Phi) is 3.92. The first-order chi connectivity index (χ1) is 8.80. The number of carbonyl (C=O) groups is 1. The van der Waals surface area contributed by atoms with E-state index in [2.05, 4.69) is 17.5 Å². The molecule has 0 bridgehead atoms. The van der Waals surface area contributed by atoms with Gasteiger partial charge in [0.05, 0.1) is 11.2 Å². The second-order valence-electron chi connectivity index (χ2n) is 6.08. The van der Waals surface area contributed by atoms with Crippen molar-refractivity contribution in [2.24, 2.45) is 0 Å². The van der Waals surface area contributed by atoms with E-state index in [0.717, 1.165) is 19.3 Å². The fourth-order valence-electron chi connectivity index (χ4n) is 2.05. The molecule has 2 aliphatic rings. The van der Waals surface area contributed by atoms with Crippen LogP contribution in [0.5, 0.6) is 0 Å². The first-order valence-corrected chi connectivity index (χ1v) is 6.78. The van der Waals surface area contributed by atoms with Crippen molar-refractivity contribution in [1.29, 1.82) is 0 Å². The van der Waals surface area contributed by atoms with Gasteiger partial charge in [0.15, 0.2) is 0 Å². The number of hydrogen-bond donors (Lipinski definition) is 1. The van der Waals surface area contributed by atoms with E-state index in [1.165, 1.54) is 0 Å². The van der Waals surface area contributed by atoms with Crippen molar-refractivity contribution in [3.63, 3.8) is 0 Å². The maximum Gasteiger partial charge on any atom is 0.717 e. The van der Waals surface area contributed by atoms with Crippen molar-refractivity contribution in [3.8, 4) is 0 Å². The normalized spacial score (nSPS) is 28.2. The highest BCUT2D eigenvalue weighted by atomic mass is 16.8. The molecule has 19 heavy (non-hydrogen) atoms. The minimum Gasteiger partial charge on any atom is -0.468 e. The van der Waals surface area contributed by atoms with E-state index in [9.17, 15) is 4.79 Å². The molecule has 6 heteroatoms. The van der Waals surface area contributed by atoms with Gasteiger partial charge < -0.3 is 19.3 Å². The van der Waals surface area contributed by atoms with Gasteiger partial charge in [-0.25, -0.2) is 4.79 Å². The van der Waals surface area contributed by atoms with Crippen LogP contribution in [0.4, 0.5) is 4.79 Å². The van der Waals surface area contributed by atoms with Gasteiger partial charge in [0, 0.05) is 6.04 Å². The molecule has 0 aromatic rings. The molecule has 1 unspecified atom stereocenters. The Hall–Kier alpha value is -1.01. The minimum absolute atomic E-state index is 0.139. The molecule has 1 amide bonds. The molecule has 0 aromatic heterocycles. The Morgan fingerprint density at radius 2 is 1.89 bits per heavy atom. The third-order valence-electron chi connectivity index (χ3n) is 4.03. The van der Waals surface area contributed by atoms with E-state index < -0.39 is 24.6 Å². The lowest BCUT2D eigenvalue weighted by Gasteiger charge is -2.31. The van der Waals surface area contributed by atoms with Gasteiger partial charge >= 0.3 is 13.4 Å².